The molecule has 0 heterocycles. The van der Waals surface area contributed by atoms with Gasteiger partial charge in [-0.25, -0.2) is 0 Å². The van der Waals surface area contributed by atoms with Crippen LogP contribution in [0, 0.1) is 0 Å². The molecule has 0 aliphatic carbocycles. The number of carbonyl (C=O) groups excluding carboxylic acids is 3. The average molecular weight is 986 g/mol. The Balaban J connectivity index is 4.55. The molecule has 0 aromatic carbocycles. The first-order valence-electron chi connectivity index (χ1n) is 29.4. The predicted octanol–water partition coefficient (Wildman–Crippen LogP) is 19.9. The fraction of sp³-hybridized carbons (Fsp3) is 0.677. The summed E-state index contributed by atoms with van der Waals surface area (Å²) in [4.78, 5) is 38.2. The van der Waals surface area contributed by atoms with Crippen LogP contribution in [0.1, 0.15) is 265 Å². The highest BCUT2D eigenvalue weighted by molar-refractivity contribution is 5.71. The molecule has 0 saturated carbocycles. The lowest BCUT2D eigenvalue weighted by Gasteiger charge is -2.18. The zero-order valence-corrected chi connectivity index (χ0v) is 46.2. The van der Waals surface area contributed by atoms with Crippen molar-refractivity contribution in [1.82, 2.24) is 0 Å². The van der Waals surface area contributed by atoms with Crippen molar-refractivity contribution in [3.05, 3.63) is 109 Å². The molecular formula is C65H108O6. The van der Waals surface area contributed by atoms with Crippen LogP contribution >= 0.6 is 0 Å². The summed E-state index contributed by atoms with van der Waals surface area (Å²) < 4.78 is 16.8. The van der Waals surface area contributed by atoms with Gasteiger partial charge in [0.05, 0.1) is 0 Å². The number of hydrogen-bond donors (Lipinski definition) is 0. The zero-order valence-electron chi connectivity index (χ0n) is 46.2. The Bertz CT molecular complexity index is 1460. The van der Waals surface area contributed by atoms with E-state index in [1.807, 2.05) is 6.08 Å². The summed E-state index contributed by atoms with van der Waals surface area (Å²) in [5.74, 6) is -1.04. The molecule has 0 fully saturated rings. The smallest absolute Gasteiger partial charge is 0.306 e. The van der Waals surface area contributed by atoms with E-state index < -0.39 is 6.10 Å². The lowest BCUT2D eigenvalue weighted by Crippen LogP contribution is -2.30. The van der Waals surface area contributed by atoms with Crippen LogP contribution in [0.15, 0.2) is 109 Å². The molecule has 0 aliphatic rings. The van der Waals surface area contributed by atoms with Crippen molar-refractivity contribution in [2.24, 2.45) is 0 Å². The molecular weight excluding hydrogens is 877 g/mol. The molecule has 0 bridgehead atoms. The van der Waals surface area contributed by atoms with Crippen molar-refractivity contribution >= 4 is 17.9 Å². The van der Waals surface area contributed by atoms with Gasteiger partial charge in [0.2, 0.25) is 0 Å². The van der Waals surface area contributed by atoms with E-state index >= 15 is 0 Å². The molecule has 6 nitrogen and oxygen atoms in total. The molecule has 71 heavy (non-hydrogen) atoms. The highest BCUT2D eigenvalue weighted by atomic mass is 16.6. The SMILES string of the molecule is CC/C=C\C/C=C\C/C=C\C/C=C\C/C=C\C/C=C\CCC(=O)OCC(COC(=O)CCCCC/C=C\C=C/CCCCCCCCC)OC(=O)CCCCCCC/C=C\CCCCCCCCCCC. The van der Waals surface area contributed by atoms with E-state index in [9.17, 15) is 14.4 Å². The van der Waals surface area contributed by atoms with Gasteiger partial charge < -0.3 is 14.2 Å². The van der Waals surface area contributed by atoms with Gasteiger partial charge in [0.1, 0.15) is 13.2 Å². The van der Waals surface area contributed by atoms with Crippen molar-refractivity contribution in [1.29, 1.82) is 0 Å². The molecule has 1 unspecified atom stereocenters. The summed E-state index contributed by atoms with van der Waals surface area (Å²) in [5, 5.41) is 0. The Kier molecular flexibility index (Phi) is 55.4. The van der Waals surface area contributed by atoms with Crippen LogP contribution in [0.25, 0.3) is 0 Å². The van der Waals surface area contributed by atoms with Gasteiger partial charge in [0.15, 0.2) is 6.10 Å². The third kappa shape index (κ3) is 56.9. The van der Waals surface area contributed by atoms with Crippen LogP contribution in [0.2, 0.25) is 0 Å². The first-order chi connectivity index (χ1) is 35.0. The Hall–Kier alpha value is -3.93. The monoisotopic (exact) mass is 985 g/mol. The number of esters is 3. The summed E-state index contributed by atoms with van der Waals surface area (Å²) in [6.45, 7) is 6.43. The third-order valence-corrected chi connectivity index (χ3v) is 12.3. The summed E-state index contributed by atoms with van der Waals surface area (Å²) in [5.41, 5.74) is 0. The van der Waals surface area contributed by atoms with Gasteiger partial charge in [-0.1, -0.05) is 246 Å². The number of rotatable bonds is 52. The maximum absolute atomic E-state index is 12.9. The first-order valence-corrected chi connectivity index (χ1v) is 29.4. The normalized spacial score (nSPS) is 12.9. The molecule has 0 saturated heterocycles. The fourth-order valence-corrected chi connectivity index (χ4v) is 7.87. The Morgan fingerprint density at radius 1 is 0.310 bits per heavy atom. The maximum Gasteiger partial charge on any atom is 0.306 e. The summed E-state index contributed by atoms with van der Waals surface area (Å²) in [6, 6.07) is 0. The van der Waals surface area contributed by atoms with Crippen LogP contribution in [-0.2, 0) is 28.6 Å². The number of ether oxygens (including phenoxy) is 3. The number of unbranched alkanes of at least 4 members (excludes halogenated alkanes) is 24. The van der Waals surface area contributed by atoms with Gasteiger partial charge >= 0.3 is 17.9 Å². The van der Waals surface area contributed by atoms with E-state index in [4.69, 9.17) is 14.2 Å². The predicted molar refractivity (Wildman–Crippen MR) is 307 cm³/mol. The Morgan fingerprint density at radius 2 is 0.620 bits per heavy atom. The van der Waals surface area contributed by atoms with E-state index in [1.54, 1.807) is 0 Å². The maximum atomic E-state index is 12.9. The standard InChI is InChI=1S/C65H108O6/c1-4-7-10-13-16-19-22-25-28-31-33-35-37-40-43-46-49-52-55-58-64(67)70-61-62(60-69-63(66)57-54-51-48-45-42-39-36-30-27-24-21-18-15-12-9-6-3)71-65(68)59-56-53-50-47-44-41-38-34-32-29-26-23-20-17-14-11-8-5-2/h7,10,16,19,25,28,30,33-36,38-40,42-43,49,52,62H,4-6,8-9,11-15,17-18,20-24,26-27,29,31-32,37,41,44-48,50-51,53-61H2,1-3H3/b10-7-,19-16-,28-25-,35-33-,36-30-,38-34-,42-39-,43-40-,52-49-. The largest absolute Gasteiger partial charge is 0.462 e. The summed E-state index contributed by atoms with van der Waals surface area (Å²) in [6.07, 6.45) is 79.5. The third-order valence-electron chi connectivity index (χ3n) is 12.3. The van der Waals surface area contributed by atoms with E-state index in [2.05, 4.69) is 124 Å². The number of allylic oxidation sites excluding steroid dienone is 18. The Labute approximate surface area is 438 Å². The highest BCUT2D eigenvalue weighted by Crippen LogP contribution is 2.14. The topological polar surface area (TPSA) is 78.9 Å². The Morgan fingerprint density at radius 3 is 1.04 bits per heavy atom. The molecule has 1 atom stereocenters. The number of hydrogen-bond acceptors (Lipinski definition) is 6. The van der Waals surface area contributed by atoms with E-state index in [0.717, 1.165) is 103 Å². The minimum Gasteiger partial charge on any atom is -0.462 e. The van der Waals surface area contributed by atoms with Gasteiger partial charge in [-0.3, -0.25) is 14.4 Å². The van der Waals surface area contributed by atoms with Crippen molar-refractivity contribution in [3.8, 4) is 0 Å². The summed E-state index contributed by atoms with van der Waals surface area (Å²) >= 11 is 0. The quantitative estimate of drug-likeness (QED) is 0.0199. The van der Waals surface area contributed by atoms with E-state index in [0.29, 0.717) is 19.3 Å². The first kappa shape index (κ1) is 67.1. The minimum absolute atomic E-state index is 0.119. The molecule has 0 N–H and O–H groups in total. The average Bonchev–Trinajstić information content (AvgIpc) is 3.37. The second-order valence-electron chi connectivity index (χ2n) is 19.2. The molecule has 404 valence electrons. The fourth-order valence-electron chi connectivity index (χ4n) is 7.87. The van der Waals surface area contributed by atoms with Gasteiger partial charge in [0.25, 0.3) is 0 Å². The second kappa shape index (κ2) is 58.6. The lowest BCUT2D eigenvalue weighted by molar-refractivity contribution is -0.166. The molecule has 0 aromatic heterocycles. The molecule has 0 rings (SSSR count). The van der Waals surface area contributed by atoms with Crippen molar-refractivity contribution in [2.45, 2.75) is 271 Å². The molecule has 0 aromatic rings. The van der Waals surface area contributed by atoms with Crippen LogP contribution in [-0.4, -0.2) is 37.2 Å². The van der Waals surface area contributed by atoms with Crippen LogP contribution in [0.3, 0.4) is 0 Å². The van der Waals surface area contributed by atoms with Crippen molar-refractivity contribution in [2.75, 3.05) is 13.2 Å². The van der Waals surface area contributed by atoms with Crippen molar-refractivity contribution < 1.29 is 28.6 Å². The van der Waals surface area contributed by atoms with E-state index in [-0.39, 0.29) is 37.5 Å². The lowest BCUT2D eigenvalue weighted by atomic mass is 10.1. The molecule has 0 amide bonds. The molecule has 0 aliphatic heterocycles. The van der Waals surface area contributed by atoms with Gasteiger partial charge in [-0.15, -0.1) is 0 Å². The van der Waals surface area contributed by atoms with Crippen LogP contribution in [0.4, 0.5) is 0 Å². The molecule has 0 radical (unpaired) electrons. The molecule has 6 heteroatoms. The zero-order chi connectivity index (χ0) is 51.4. The minimum atomic E-state index is -0.826. The number of carbonyl (C=O) groups is 3. The van der Waals surface area contributed by atoms with Gasteiger partial charge in [-0.05, 0) is 109 Å². The van der Waals surface area contributed by atoms with Gasteiger partial charge in [0, 0.05) is 19.3 Å². The van der Waals surface area contributed by atoms with Gasteiger partial charge in [-0.2, -0.15) is 0 Å². The summed E-state index contributed by atoms with van der Waals surface area (Å²) in [7, 11) is 0. The van der Waals surface area contributed by atoms with Crippen molar-refractivity contribution in [3.63, 3.8) is 0 Å². The van der Waals surface area contributed by atoms with E-state index in [1.165, 1.54) is 116 Å². The van der Waals surface area contributed by atoms with Crippen LogP contribution in [0.5, 0.6) is 0 Å². The second-order valence-corrected chi connectivity index (χ2v) is 19.2. The van der Waals surface area contributed by atoms with Crippen LogP contribution < -0.4 is 0 Å². The highest BCUT2D eigenvalue weighted by Gasteiger charge is 2.19. The molecule has 0 spiro atoms.